The van der Waals surface area contributed by atoms with Gasteiger partial charge in [0, 0.05) is 70.1 Å². The van der Waals surface area contributed by atoms with Gasteiger partial charge in [-0.3, -0.25) is 14.7 Å². The molecule has 0 spiro atoms. The molecule has 0 aliphatic carbocycles. The molecule has 13 nitrogen and oxygen atoms in total. The molecule has 13 heteroatoms. The lowest BCUT2D eigenvalue weighted by atomic mass is 10.1. The van der Waals surface area contributed by atoms with E-state index in [9.17, 15) is 19.2 Å². The van der Waals surface area contributed by atoms with E-state index in [1.807, 2.05) is 0 Å². The summed E-state index contributed by atoms with van der Waals surface area (Å²) in [5.74, 6) is -2.79. The number of piperidine rings is 1. The van der Waals surface area contributed by atoms with E-state index in [-0.39, 0.29) is 19.8 Å². The fraction of sp³-hybridized carbons (Fsp3) is 0.714. The number of hydrogen-bond acceptors (Lipinski definition) is 13. The molecule has 3 saturated heterocycles. The van der Waals surface area contributed by atoms with Gasteiger partial charge in [-0.05, 0) is 25.9 Å². The minimum atomic E-state index is -0.755. The molecule has 0 aromatic heterocycles. The quantitative estimate of drug-likeness (QED) is 0.144. The number of carbonyl (C=O) groups excluding carboxylic acids is 4. The van der Waals surface area contributed by atoms with Gasteiger partial charge < -0.3 is 28.4 Å². The van der Waals surface area contributed by atoms with Crippen molar-refractivity contribution in [2.45, 2.75) is 25.4 Å². The smallest absolute Gasteiger partial charge is 0.331 e. The lowest BCUT2D eigenvalue weighted by molar-refractivity contribution is -0.154. The van der Waals surface area contributed by atoms with Crippen molar-refractivity contribution in [3.8, 4) is 0 Å². The number of nitrogens with zero attached hydrogens (tertiary/aromatic N) is 3. The maximum absolute atomic E-state index is 12.4. The van der Waals surface area contributed by atoms with Gasteiger partial charge >= 0.3 is 23.9 Å². The Bertz CT molecular complexity index is 878. The van der Waals surface area contributed by atoms with Crippen LogP contribution in [0.1, 0.15) is 19.3 Å². The molecule has 3 fully saturated rings. The van der Waals surface area contributed by atoms with Gasteiger partial charge in [0.1, 0.15) is 25.9 Å². The zero-order valence-electron chi connectivity index (χ0n) is 23.7. The van der Waals surface area contributed by atoms with Crippen LogP contribution in [0.3, 0.4) is 0 Å². The van der Waals surface area contributed by atoms with E-state index in [1.54, 1.807) is 0 Å². The van der Waals surface area contributed by atoms with E-state index in [1.165, 1.54) is 0 Å². The van der Waals surface area contributed by atoms with E-state index in [0.29, 0.717) is 46.1 Å². The molecule has 3 aliphatic rings. The Morgan fingerprint density at radius 3 is 1.56 bits per heavy atom. The Balaban J connectivity index is 1.38. The summed E-state index contributed by atoms with van der Waals surface area (Å²) >= 11 is 0. The number of likely N-dealkylation sites (tertiary alicyclic amines) is 1. The molecule has 0 aromatic carbocycles. The third-order valence-electron chi connectivity index (χ3n) is 6.83. The van der Waals surface area contributed by atoms with E-state index in [0.717, 1.165) is 82.8 Å². The molecule has 0 N–H and O–H groups in total. The first-order valence-electron chi connectivity index (χ1n) is 14.4. The van der Waals surface area contributed by atoms with E-state index in [4.69, 9.17) is 28.4 Å². The zero-order valence-corrected chi connectivity index (χ0v) is 23.7. The van der Waals surface area contributed by atoms with Crippen molar-refractivity contribution in [3.63, 3.8) is 0 Å². The fourth-order valence-corrected chi connectivity index (χ4v) is 4.55. The van der Waals surface area contributed by atoms with Crippen molar-refractivity contribution in [1.29, 1.82) is 0 Å². The molecule has 3 aliphatic heterocycles. The highest BCUT2D eigenvalue weighted by Crippen LogP contribution is 2.11. The van der Waals surface area contributed by atoms with E-state index < -0.39 is 30.0 Å². The van der Waals surface area contributed by atoms with Crippen molar-refractivity contribution in [2.75, 3.05) is 105 Å². The van der Waals surface area contributed by atoms with Crippen molar-refractivity contribution < 1.29 is 47.6 Å². The summed E-state index contributed by atoms with van der Waals surface area (Å²) in [4.78, 5) is 54.9. The van der Waals surface area contributed by atoms with Gasteiger partial charge in [-0.1, -0.05) is 6.42 Å². The zero-order chi connectivity index (χ0) is 29.1. The molecule has 0 bridgehead atoms. The van der Waals surface area contributed by atoms with Crippen LogP contribution in [0.5, 0.6) is 0 Å². The van der Waals surface area contributed by atoms with Crippen LogP contribution < -0.4 is 0 Å². The molecule has 3 rings (SSSR count). The fourth-order valence-electron chi connectivity index (χ4n) is 4.55. The summed E-state index contributed by atoms with van der Waals surface area (Å²) in [6.45, 7) is 9.28. The summed E-state index contributed by atoms with van der Waals surface area (Å²) in [5, 5.41) is 0. The van der Waals surface area contributed by atoms with Crippen molar-refractivity contribution in [2.24, 2.45) is 0 Å². The predicted octanol–water partition coefficient (Wildman–Crippen LogP) is -0.209. The molecule has 0 saturated carbocycles. The van der Waals surface area contributed by atoms with Crippen molar-refractivity contribution in [1.82, 2.24) is 14.7 Å². The molecule has 0 aromatic rings. The molecule has 1 unspecified atom stereocenters. The Labute approximate surface area is 241 Å². The van der Waals surface area contributed by atoms with Crippen LogP contribution in [0.2, 0.25) is 0 Å². The lowest BCUT2D eigenvalue weighted by Gasteiger charge is -2.29. The second-order valence-electron chi connectivity index (χ2n) is 9.96. The van der Waals surface area contributed by atoms with Gasteiger partial charge in [0.15, 0.2) is 0 Å². The standard InChI is InChI=1S/C28H43N3O10/c32-25(38-20-14-29-10-16-36-17-11-29)4-5-27(34)40-23-24(22-31-8-2-1-3-9-31)41-28(35)7-6-26(33)39-21-15-30-12-18-37-19-13-30/h4-7,24H,1-3,8-23H2/b5-4+,7-6+. The Hall–Kier alpha value is -2.84. The van der Waals surface area contributed by atoms with Gasteiger partial charge in [0.25, 0.3) is 0 Å². The van der Waals surface area contributed by atoms with Crippen LogP contribution in [0.25, 0.3) is 0 Å². The molecule has 0 radical (unpaired) electrons. The number of morpholine rings is 2. The maximum Gasteiger partial charge on any atom is 0.331 e. The summed E-state index contributed by atoms with van der Waals surface area (Å²) in [6, 6.07) is 0. The van der Waals surface area contributed by atoms with Crippen LogP contribution in [-0.4, -0.2) is 150 Å². The normalized spacial score (nSPS) is 20.1. The largest absolute Gasteiger partial charge is 0.461 e. The van der Waals surface area contributed by atoms with E-state index >= 15 is 0 Å². The first kappa shape index (κ1) is 32.7. The first-order valence-corrected chi connectivity index (χ1v) is 14.4. The van der Waals surface area contributed by atoms with Crippen molar-refractivity contribution >= 4 is 23.9 Å². The topological polar surface area (TPSA) is 133 Å². The second-order valence-corrected chi connectivity index (χ2v) is 9.96. The highest BCUT2D eigenvalue weighted by atomic mass is 16.6. The Morgan fingerprint density at radius 1 is 0.585 bits per heavy atom. The van der Waals surface area contributed by atoms with Crippen LogP contribution in [0.15, 0.2) is 24.3 Å². The maximum atomic E-state index is 12.4. The second kappa shape index (κ2) is 19.3. The molecule has 230 valence electrons. The van der Waals surface area contributed by atoms with Crippen LogP contribution in [0, 0.1) is 0 Å². The minimum Gasteiger partial charge on any atom is -0.461 e. The van der Waals surface area contributed by atoms with Crippen LogP contribution in [-0.2, 0) is 47.6 Å². The minimum absolute atomic E-state index is 0.199. The highest BCUT2D eigenvalue weighted by Gasteiger charge is 2.21. The van der Waals surface area contributed by atoms with E-state index in [2.05, 4.69) is 14.7 Å². The number of hydrogen-bond donors (Lipinski definition) is 0. The Morgan fingerprint density at radius 2 is 1.05 bits per heavy atom. The number of rotatable bonds is 15. The molecular formula is C28H43N3O10. The van der Waals surface area contributed by atoms with Gasteiger partial charge in [-0.15, -0.1) is 0 Å². The first-order chi connectivity index (χ1) is 20.0. The highest BCUT2D eigenvalue weighted by molar-refractivity contribution is 5.92. The summed E-state index contributed by atoms with van der Waals surface area (Å²) in [5.41, 5.74) is 0. The third kappa shape index (κ3) is 14.6. The third-order valence-corrected chi connectivity index (χ3v) is 6.83. The predicted molar refractivity (Wildman–Crippen MR) is 146 cm³/mol. The average molecular weight is 582 g/mol. The molecule has 0 amide bonds. The van der Waals surface area contributed by atoms with Crippen LogP contribution in [0.4, 0.5) is 0 Å². The monoisotopic (exact) mass is 581 g/mol. The Kier molecular flexibility index (Phi) is 15.4. The molecule has 41 heavy (non-hydrogen) atoms. The molecular weight excluding hydrogens is 538 g/mol. The lowest BCUT2D eigenvalue weighted by Crippen LogP contribution is -2.40. The van der Waals surface area contributed by atoms with Gasteiger partial charge in [-0.25, -0.2) is 19.2 Å². The number of carbonyl (C=O) groups is 4. The van der Waals surface area contributed by atoms with Gasteiger partial charge in [0.05, 0.1) is 26.4 Å². The SMILES string of the molecule is O=C(/C=C/C(=O)OCC(CN1CCCCC1)OC(=O)/C=C/C(=O)OCCN1CCOCC1)OCCN1CCOCC1. The average Bonchev–Trinajstić information content (AvgIpc) is 2.99. The summed E-state index contributed by atoms with van der Waals surface area (Å²) in [7, 11) is 0. The van der Waals surface area contributed by atoms with Gasteiger partial charge in [-0.2, -0.15) is 0 Å². The summed E-state index contributed by atoms with van der Waals surface area (Å²) < 4.78 is 31.6. The summed E-state index contributed by atoms with van der Waals surface area (Å²) in [6.07, 6.45) is 6.50. The molecule has 3 heterocycles. The number of ether oxygens (including phenoxy) is 6. The molecule has 1 atom stereocenters. The van der Waals surface area contributed by atoms with Crippen molar-refractivity contribution in [3.05, 3.63) is 24.3 Å². The number of esters is 4. The van der Waals surface area contributed by atoms with Crippen LogP contribution >= 0.6 is 0 Å². The van der Waals surface area contributed by atoms with Gasteiger partial charge in [0.2, 0.25) is 0 Å².